The van der Waals surface area contributed by atoms with Gasteiger partial charge in [0.05, 0.1) is 13.0 Å². The van der Waals surface area contributed by atoms with Gasteiger partial charge in [0.25, 0.3) is 0 Å². The van der Waals surface area contributed by atoms with Crippen LogP contribution in [0.3, 0.4) is 0 Å². The summed E-state index contributed by atoms with van der Waals surface area (Å²) >= 11 is 0. The molecule has 0 atom stereocenters. The number of allylic oxidation sites excluding steroid dienone is 1. The summed E-state index contributed by atoms with van der Waals surface area (Å²) in [7, 11) is 0. The van der Waals surface area contributed by atoms with Crippen LogP contribution in [0.2, 0.25) is 0 Å². The van der Waals surface area contributed by atoms with Gasteiger partial charge in [-0.2, -0.15) is 0 Å². The van der Waals surface area contributed by atoms with Crippen molar-refractivity contribution in [3.05, 3.63) is 42.0 Å². The van der Waals surface area contributed by atoms with Crippen molar-refractivity contribution >= 4 is 29.5 Å². The Labute approximate surface area is 128 Å². The molecule has 1 aromatic carbocycles. The normalized spacial score (nSPS) is 10.4. The first-order valence-electron chi connectivity index (χ1n) is 6.67. The Kier molecular flexibility index (Phi) is 6.69. The quantitative estimate of drug-likeness (QED) is 0.575. The van der Waals surface area contributed by atoms with Gasteiger partial charge in [-0.1, -0.05) is 36.4 Å². The van der Waals surface area contributed by atoms with Crippen molar-refractivity contribution in [1.82, 2.24) is 4.90 Å². The Morgan fingerprint density at radius 3 is 2.32 bits per heavy atom. The highest BCUT2D eigenvalue weighted by atomic mass is 16.4. The maximum absolute atomic E-state index is 11.8. The Hall–Kier alpha value is -2.76. The first kappa shape index (κ1) is 17.3. The standard InChI is InChI=1S/C16H17NO5/c1-12(18)17(10-9-16(21)22)11-15(20)14(19)8-7-13-5-3-2-4-6-13/h2-8H,9-11H2,1H3,(H,21,22)/b8-7+. The number of nitrogens with zero attached hydrogens (tertiary/aromatic N) is 1. The first-order chi connectivity index (χ1) is 10.4. The van der Waals surface area contributed by atoms with Gasteiger partial charge in [-0.15, -0.1) is 0 Å². The molecule has 0 aromatic heterocycles. The zero-order valence-electron chi connectivity index (χ0n) is 12.2. The molecule has 0 heterocycles. The van der Waals surface area contributed by atoms with Crippen LogP contribution in [0, 0.1) is 0 Å². The molecule has 1 aromatic rings. The molecular formula is C16H17NO5. The van der Waals surface area contributed by atoms with Crippen LogP contribution in [0.25, 0.3) is 6.08 Å². The Balaban J connectivity index is 2.61. The molecule has 22 heavy (non-hydrogen) atoms. The van der Waals surface area contributed by atoms with Gasteiger partial charge >= 0.3 is 5.97 Å². The van der Waals surface area contributed by atoms with Crippen LogP contribution < -0.4 is 0 Å². The van der Waals surface area contributed by atoms with E-state index in [1.165, 1.54) is 13.0 Å². The molecule has 0 saturated heterocycles. The molecule has 1 amide bonds. The number of rotatable bonds is 8. The minimum Gasteiger partial charge on any atom is -0.481 e. The Morgan fingerprint density at radius 1 is 1.14 bits per heavy atom. The molecule has 0 aliphatic heterocycles. The number of carbonyl (C=O) groups excluding carboxylic acids is 3. The molecule has 0 saturated carbocycles. The highest BCUT2D eigenvalue weighted by molar-refractivity contribution is 6.43. The number of aliphatic carboxylic acids is 1. The predicted octanol–water partition coefficient (Wildman–Crippen LogP) is 1.16. The fourth-order valence-electron chi connectivity index (χ4n) is 1.66. The fraction of sp³-hybridized carbons (Fsp3) is 0.250. The van der Waals surface area contributed by atoms with E-state index in [1.807, 2.05) is 6.07 Å². The van der Waals surface area contributed by atoms with Crippen LogP contribution in [0.4, 0.5) is 0 Å². The van der Waals surface area contributed by atoms with Crippen LogP contribution in [-0.4, -0.2) is 46.5 Å². The van der Waals surface area contributed by atoms with Crippen LogP contribution in [0.1, 0.15) is 18.9 Å². The van der Waals surface area contributed by atoms with Gasteiger partial charge in [0, 0.05) is 13.5 Å². The lowest BCUT2D eigenvalue weighted by atomic mass is 10.1. The molecule has 0 spiro atoms. The molecule has 1 rings (SSSR count). The van der Waals surface area contributed by atoms with Crippen molar-refractivity contribution in [1.29, 1.82) is 0 Å². The summed E-state index contributed by atoms with van der Waals surface area (Å²) in [6.45, 7) is 0.700. The highest BCUT2D eigenvalue weighted by Gasteiger charge is 2.18. The predicted molar refractivity (Wildman–Crippen MR) is 80.0 cm³/mol. The Bertz CT molecular complexity index is 592. The molecule has 6 heteroatoms. The second-order valence-corrected chi connectivity index (χ2v) is 4.62. The number of Topliss-reactive ketones (excluding diaryl/α,β-unsaturated/α-hetero) is 1. The molecule has 0 fully saturated rings. The zero-order valence-corrected chi connectivity index (χ0v) is 12.2. The number of hydrogen-bond donors (Lipinski definition) is 1. The van der Waals surface area contributed by atoms with E-state index in [-0.39, 0.29) is 13.0 Å². The summed E-state index contributed by atoms with van der Waals surface area (Å²) in [6, 6.07) is 8.99. The van der Waals surface area contributed by atoms with Gasteiger partial charge in [0.2, 0.25) is 17.5 Å². The third-order valence-corrected chi connectivity index (χ3v) is 2.88. The van der Waals surface area contributed by atoms with Gasteiger partial charge in [0.15, 0.2) is 0 Å². The third kappa shape index (κ3) is 6.13. The van der Waals surface area contributed by atoms with Crippen molar-refractivity contribution in [3.8, 4) is 0 Å². The van der Waals surface area contributed by atoms with Crippen LogP contribution in [0.5, 0.6) is 0 Å². The van der Waals surface area contributed by atoms with Crippen molar-refractivity contribution in [2.24, 2.45) is 0 Å². The maximum atomic E-state index is 11.8. The van der Waals surface area contributed by atoms with Gasteiger partial charge in [-0.05, 0) is 11.6 Å². The third-order valence-electron chi connectivity index (χ3n) is 2.88. The minimum absolute atomic E-state index is 0.105. The molecule has 1 N–H and O–H groups in total. The maximum Gasteiger partial charge on any atom is 0.305 e. The summed E-state index contributed by atoms with van der Waals surface area (Å²) < 4.78 is 0. The first-order valence-corrected chi connectivity index (χ1v) is 6.67. The summed E-state index contributed by atoms with van der Waals surface area (Å²) in [4.78, 5) is 46.4. The lowest BCUT2D eigenvalue weighted by Gasteiger charge is -2.18. The molecule has 116 valence electrons. The second-order valence-electron chi connectivity index (χ2n) is 4.62. The van der Waals surface area contributed by atoms with Gasteiger partial charge in [-0.25, -0.2) is 0 Å². The van der Waals surface area contributed by atoms with Crippen molar-refractivity contribution in [2.75, 3.05) is 13.1 Å². The summed E-state index contributed by atoms with van der Waals surface area (Å²) in [6.07, 6.45) is 2.38. The molecule has 0 bridgehead atoms. The van der Waals surface area contributed by atoms with Crippen LogP contribution in [0.15, 0.2) is 36.4 Å². The molecule has 0 unspecified atom stereocenters. The van der Waals surface area contributed by atoms with E-state index >= 15 is 0 Å². The van der Waals surface area contributed by atoms with Gasteiger partial charge in [0.1, 0.15) is 0 Å². The number of hydrogen-bond acceptors (Lipinski definition) is 4. The van der Waals surface area contributed by atoms with Crippen molar-refractivity contribution < 1.29 is 24.3 Å². The van der Waals surface area contributed by atoms with E-state index < -0.39 is 30.0 Å². The van der Waals surface area contributed by atoms with E-state index in [1.54, 1.807) is 24.3 Å². The van der Waals surface area contributed by atoms with E-state index in [4.69, 9.17) is 5.11 Å². The van der Waals surface area contributed by atoms with Crippen molar-refractivity contribution in [2.45, 2.75) is 13.3 Å². The van der Waals surface area contributed by atoms with Gasteiger partial charge in [-0.3, -0.25) is 19.2 Å². The fourth-order valence-corrected chi connectivity index (χ4v) is 1.66. The van der Waals surface area contributed by atoms with Crippen LogP contribution in [-0.2, 0) is 19.2 Å². The van der Waals surface area contributed by atoms with Crippen LogP contribution >= 0.6 is 0 Å². The number of carbonyl (C=O) groups is 4. The van der Waals surface area contributed by atoms with E-state index in [0.717, 1.165) is 16.5 Å². The van der Waals surface area contributed by atoms with E-state index in [9.17, 15) is 19.2 Å². The van der Waals surface area contributed by atoms with E-state index in [2.05, 4.69) is 0 Å². The lowest BCUT2D eigenvalue weighted by Crippen LogP contribution is -2.37. The zero-order chi connectivity index (χ0) is 16.5. The highest BCUT2D eigenvalue weighted by Crippen LogP contribution is 2.02. The molecule has 6 nitrogen and oxygen atoms in total. The molecule has 0 aliphatic carbocycles. The number of carboxylic acids is 1. The monoisotopic (exact) mass is 303 g/mol. The summed E-state index contributed by atoms with van der Waals surface area (Å²) in [5.74, 6) is -3.01. The topological polar surface area (TPSA) is 91.8 Å². The average Bonchev–Trinajstić information content (AvgIpc) is 2.49. The smallest absolute Gasteiger partial charge is 0.305 e. The largest absolute Gasteiger partial charge is 0.481 e. The molecular weight excluding hydrogens is 286 g/mol. The average molecular weight is 303 g/mol. The number of amides is 1. The molecule has 0 aliphatic rings. The number of benzene rings is 1. The van der Waals surface area contributed by atoms with E-state index in [0.29, 0.717) is 0 Å². The van der Waals surface area contributed by atoms with Crippen molar-refractivity contribution in [3.63, 3.8) is 0 Å². The SMILES string of the molecule is CC(=O)N(CCC(=O)O)CC(=O)C(=O)/C=C/c1ccccc1. The number of carboxylic acid groups (broad SMARTS) is 1. The minimum atomic E-state index is -1.08. The summed E-state index contributed by atoms with van der Waals surface area (Å²) in [5.41, 5.74) is 0.776. The summed E-state index contributed by atoms with van der Waals surface area (Å²) in [5, 5.41) is 8.60. The van der Waals surface area contributed by atoms with Gasteiger partial charge < -0.3 is 10.0 Å². The molecule has 0 radical (unpaired) electrons. The number of ketones is 2. The Morgan fingerprint density at radius 2 is 1.77 bits per heavy atom. The lowest BCUT2D eigenvalue weighted by molar-refractivity contribution is -0.140. The second kappa shape index (κ2) is 8.51.